The van der Waals surface area contributed by atoms with Crippen molar-refractivity contribution in [2.24, 2.45) is 0 Å². The van der Waals surface area contributed by atoms with Gasteiger partial charge in [0.1, 0.15) is 0 Å². The standard InChI is InChI=1S/C16H12Br2N2S/c17-12-5-1-10(2-6-12)14-9-15(20-16(21)19-14)11-3-7-13(18)8-4-11/h1-9,14H,(H2,19,20,21). The second-order valence-corrected chi connectivity index (χ2v) is 6.95. The lowest BCUT2D eigenvalue weighted by atomic mass is 10.0. The molecule has 1 unspecified atom stereocenters. The first kappa shape index (κ1) is 14.8. The van der Waals surface area contributed by atoms with E-state index in [1.165, 1.54) is 5.56 Å². The van der Waals surface area contributed by atoms with Crippen LogP contribution in [0.15, 0.2) is 63.6 Å². The van der Waals surface area contributed by atoms with Gasteiger partial charge in [-0.1, -0.05) is 56.1 Å². The fourth-order valence-electron chi connectivity index (χ4n) is 2.20. The van der Waals surface area contributed by atoms with Gasteiger partial charge in [0.15, 0.2) is 5.11 Å². The van der Waals surface area contributed by atoms with Crippen molar-refractivity contribution in [2.75, 3.05) is 0 Å². The normalized spacial score (nSPS) is 17.7. The minimum absolute atomic E-state index is 0.0745. The summed E-state index contributed by atoms with van der Waals surface area (Å²) < 4.78 is 2.13. The van der Waals surface area contributed by atoms with E-state index in [4.69, 9.17) is 12.2 Å². The van der Waals surface area contributed by atoms with Crippen LogP contribution in [0.1, 0.15) is 17.2 Å². The highest BCUT2D eigenvalue weighted by molar-refractivity contribution is 9.10. The molecular formula is C16H12Br2N2S. The molecule has 5 heteroatoms. The van der Waals surface area contributed by atoms with Crippen LogP contribution in [0.5, 0.6) is 0 Å². The van der Waals surface area contributed by atoms with Crippen molar-refractivity contribution in [2.45, 2.75) is 6.04 Å². The quantitative estimate of drug-likeness (QED) is 0.680. The Balaban J connectivity index is 1.95. The Morgan fingerprint density at radius 3 is 2.05 bits per heavy atom. The lowest BCUT2D eigenvalue weighted by Crippen LogP contribution is -2.40. The van der Waals surface area contributed by atoms with E-state index in [2.05, 4.69) is 72.8 Å². The monoisotopic (exact) mass is 422 g/mol. The maximum absolute atomic E-state index is 5.33. The zero-order valence-electron chi connectivity index (χ0n) is 10.9. The molecule has 2 aromatic carbocycles. The molecule has 0 saturated carbocycles. The second-order valence-electron chi connectivity index (χ2n) is 4.71. The number of hydrogen-bond donors (Lipinski definition) is 2. The number of benzene rings is 2. The summed E-state index contributed by atoms with van der Waals surface area (Å²) in [5, 5.41) is 7.14. The van der Waals surface area contributed by atoms with Gasteiger partial charge in [-0.15, -0.1) is 0 Å². The van der Waals surface area contributed by atoms with Crippen LogP contribution < -0.4 is 10.6 Å². The molecular weight excluding hydrogens is 412 g/mol. The van der Waals surface area contributed by atoms with Crippen LogP contribution in [0, 0.1) is 0 Å². The van der Waals surface area contributed by atoms with Crippen molar-refractivity contribution in [1.82, 2.24) is 10.6 Å². The molecule has 0 spiro atoms. The zero-order chi connectivity index (χ0) is 14.8. The van der Waals surface area contributed by atoms with E-state index in [1.807, 2.05) is 24.3 Å². The third-order valence-electron chi connectivity index (χ3n) is 3.25. The van der Waals surface area contributed by atoms with Gasteiger partial charge >= 0.3 is 0 Å². The van der Waals surface area contributed by atoms with Gasteiger partial charge in [0.25, 0.3) is 0 Å². The smallest absolute Gasteiger partial charge is 0.171 e. The van der Waals surface area contributed by atoms with Crippen LogP contribution in [-0.2, 0) is 0 Å². The van der Waals surface area contributed by atoms with Gasteiger partial charge in [0.2, 0.25) is 0 Å². The van der Waals surface area contributed by atoms with Gasteiger partial charge in [-0.25, -0.2) is 0 Å². The van der Waals surface area contributed by atoms with Crippen molar-refractivity contribution in [1.29, 1.82) is 0 Å². The van der Waals surface area contributed by atoms with Gasteiger partial charge in [0, 0.05) is 14.6 Å². The fraction of sp³-hybridized carbons (Fsp3) is 0.0625. The molecule has 1 atom stereocenters. The van der Waals surface area contributed by atoms with E-state index in [0.29, 0.717) is 5.11 Å². The van der Waals surface area contributed by atoms with Crippen molar-refractivity contribution < 1.29 is 0 Å². The van der Waals surface area contributed by atoms with Crippen LogP contribution in [0.25, 0.3) is 5.70 Å². The van der Waals surface area contributed by atoms with E-state index in [1.54, 1.807) is 0 Å². The molecule has 3 rings (SSSR count). The molecule has 0 fully saturated rings. The summed E-state index contributed by atoms with van der Waals surface area (Å²) in [5.41, 5.74) is 3.32. The molecule has 0 radical (unpaired) electrons. The van der Waals surface area contributed by atoms with Gasteiger partial charge in [0.05, 0.1) is 6.04 Å². The Hall–Kier alpha value is -1.17. The Kier molecular flexibility index (Phi) is 4.42. The van der Waals surface area contributed by atoms with Gasteiger partial charge in [-0.3, -0.25) is 0 Å². The minimum Gasteiger partial charge on any atom is -0.352 e. The molecule has 1 heterocycles. The van der Waals surface area contributed by atoms with Crippen LogP contribution in [0.2, 0.25) is 0 Å². The number of halogens is 2. The van der Waals surface area contributed by atoms with Crippen molar-refractivity contribution in [3.05, 3.63) is 74.7 Å². The zero-order valence-corrected chi connectivity index (χ0v) is 14.9. The molecule has 21 heavy (non-hydrogen) atoms. The Morgan fingerprint density at radius 2 is 1.43 bits per heavy atom. The molecule has 2 N–H and O–H groups in total. The third kappa shape index (κ3) is 3.54. The molecule has 106 valence electrons. The summed E-state index contributed by atoms with van der Waals surface area (Å²) in [6.45, 7) is 0. The highest BCUT2D eigenvalue weighted by Crippen LogP contribution is 2.25. The van der Waals surface area contributed by atoms with Gasteiger partial charge < -0.3 is 10.6 Å². The summed E-state index contributed by atoms with van der Waals surface area (Å²) >= 11 is 12.2. The minimum atomic E-state index is 0.0745. The molecule has 0 amide bonds. The molecule has 0 saturated heterocycles. The molecule has 0 aromatic heterocycles. The second kappa shape index (κ2) is 6.30. The van der Waals surface area contributed by atoms with Crippen molar-refractivity contribution in [3.8, 4) is 0 Å². The Labute approximate surface area is 145 Å². The average molecular weight is 424 g/mol. The topological polar surface area (TPSA) is 24.1 Å². The first-order chi connectivity index (χ1) is 10.1. The molecule has 1 aliphatic rings. The number of nitrogens with one attached hydrogen (secondary N) is 2. The molecule has 0 bridgehead atoms. The maximum Gasteiger partial charge on any atom is 0.171 e. The van der Waals surface area contributed by atoms with Crippen LogP contribution in [0.4, 0.5) is 0 Å². The lowest BCUT2D eigenvalue weighted by molar-refractivity contribution is 0.765. The van der Waals surface area contributed by atoms with Crippen molar-refractivity contribution in [3.63, 3.8) is 0 Å². The molecule has 2 nitrogen and oxygen atoms in total. The lowest BCUT2D eigenvalue weighted by Gasteiger charge is -2.26. The fourth-order valence-corrected chi connectivity index (χ4v) is 2.96. The SMILES string of the molecule is S=C1NC(c2ccc(Br)cc2)=CC(c2ccc(Br)cc2)N1. The molecule has 1 aliphatic heterocycles. The van der Waals surface area contributed by atoms with E-state index >= 15 is 0 Å². The molecule has 0 aliphatic carbocycles. The average Bonchev–Trinajstić information content (AvgIpc) is 2.48. The van der Waals surface area contributed by atoms with Gasteiger partial charge in [-0.05, 0) is 53.7 Å². The highest BCUT2D eigenvalue weighted by atomic mass is 79.9. The largest absolute Gasteiger partial charge is 0.352 e. The first-order valence-electron chi connectivity index (χ1n) is 6.42. The van der Waals surface area contributed by atoms with E-state index in [-0.39, 0.29) is 6.04 Å². The Bertz CT molecular complexity index is 693. The number of rotatable bonds is 2. The van der Waals surface area contributed by atoms with E-state index in [0.717, 1.165) is 20.2 Å². The van der Waals surface area contributed by atoms with Crippen molar-refractivity contribution >= 4 is 54.9 Å². The highest BCUT2D eigenvalue weighted by Gasteiger charge is 2.18. The third-order valence-corrected chi connectivity index (χ3v) is 4.53. The summed E-state index contributed by atoms with van der Waals surface area (Å²) in [7, 11) is 0. The maximum atomic E-state index is 5.33. The molecule has 2 aromatic rings. The number of hydrogen-bond acceptors (Lipinski definition) is 1. The summed E-state index contributed by atoms with van der Waals surface area (Å²) in [6.07, 6.45) is 2.16. The summed E-state index contributed by atoms with van der Waals surface area (Å²) in [6, 6.07) is 16.5. The predicted octanol–water partition coefficient (Wildman–Crippen LogP) is 4.77. The van der Waals surface area contributed by atoms with E-state index < -0.39 is 0 Å². The summed E-state index contributed by atoms with van der Waals surface area (Å²) in [5.74, 6) is 0. The number of thiocarbonyl (C=S) groups is 1. The summed E-state index contributed by atoms with van der Waals surface area (Å²) in [4.78, 5) is 0. The Morgan fingerprint density at radius 1 is 0.857 bits per heavy atom. The first-order valence-corrected chi connectivity index (χ1v) is 8.42. The van der Waals surface area contributed by atoms with E-state index in [9.17, 15) is 0 Å². The van der Waals surface area contributed by atoms with Crippen LogP contribution in [-0.4, -0.2) is 5.11 Å². The van der Waals surface area contributed by atoms with Crippen LogP contribution >= 0.6 is 44.1 Å². The predicted molar refractivity (Wildman–Crippen MR) is 97.9 cm³/mol. The van der Waals surface area contributed by atoms with Crippen LogP contribution in [0.3, 0.4) is 0 Å². The van der Waals surface area contributed by atoms with Gasteiger partial charge in [-0.2, -0.15) is 0 Å².